The summed E-state index contributed by atoms with van der Waals surface area (Å²) < 4.78 is 5.12. The minimum absolute atomic E-state index is 0.0982. The number of carbonyl (C=O) groups is 1. The average Bonchev–Trinajstić information content (AvgIpc) is 2.78. The van der Waals surface area contributed by atoms with Crippen LogP contribution in [0.1, 0.15) is 67.6 Å². The van der Waals surface area contributed by atoms with Crippen molar-refractivity contribution in [2.45, 2.75) is 70.4 Å². The van der Waals surface area contributed by atoms with E-state index in [2.05, 4.69) is 15.2 Å². The number of oxazole rings is 1. The molecule has 1 N–H and O–H groups in total. The summed E-state index contributed by atoms with van der Waals surface area (Å²) in [4.78, 5) is 18.9. The van der Waals surface area contributed by atoms with Crippen LogP contribution in [0.25, 0.3) is 0 Å². The molecule has 1 atom stereocenters. The van der Waals surface area contributed by atoms with Crippen LogP contribution in [0, 0.1) is 6.92 Å². The molecule has 1 aromatic heterocycles. The fraction of sp³-hybridized carbons (Fsp3) is 0.765. The number of hydrogen-bond acceptors (Lipinski definition) is 4. The summed E-state index contributed by atoms with van der Waals surface area (Å²) in [5.74, 6) is 0.493. The fourth-order valence-corrected chi connectivity index (χ4v) is 3.86. The minimum atomic E-state index is -0.0982. The number of nitrogens with zero attached hydrogens (tertiary/aromatic N) is 2. The molecular weight excluding hydrogens is 278 g/mol. The lowest BCUT2D eigenvalue weighted by atomic mass is 10.00. The van der Waals surface area contributed by atoms with Crippen LogP contribution in [0.2, 0.25) is 0 Å². The molecule has 1 aliphatic carbocycles. The lowest BCUT2D eigenvalue weighted by Gasteiger charge is -2.38. The monoisotopic (exact) mass is 305 g/mol. The lowest BCUT2D eigenvalue weighted by Crippen LogP contribution is -2.51. The summed E-state index contributed by atoms with van der Waals surface area (Å²) >= 11 is 0. The molecule has 1 aliphatic heterocycles. The standard InChI is InChI=1S/C17H27N3O2/c1-13-16(18-12-22-13)17(21)19-14-7-6-10-20(11-14)15-8-4-2-3-5-9-15/h12,14-15H,2-11H2,1H3,(H,19,21). The van der Waals surface area contributed by atoms with Gasteiger partial charge in [0.15, 0.2) is 12.1 Å². The summed E-state index contributed by atoms with van der Waals surface area (Å²) in [5.41, 5.74) is 0.423. The van der Waals surface area contributed by atoms with E-state index < -0.39 is 0 Å². The van der Waals surface area contributed by atoms with Gasteiger partial charge in [0.1, 0.15) is 5.76 Å². The Hall–Kier alpha value is -1.36. The van der Waals surface area contributed by atoms with Gasteiger partial charge in [0.25, 0.3) is 5.91 Å². The Bertz CT molecular complexity index is 492. The molecule has 3 rings (SSSR count). The van der Waals surface area contributed by atoms with Crippen LogP contribution in [-0.2, 0) is 0 Å². The van der Waals surface area contributed by atoms with Gasteiger partial charge >= 0.3 is 0 Å². The molecule has 0 bridgehead atoms. The van der Waals surface area contributed by atoms with Gasteiger partial charge in [0.2, 0.25) is 0 Å². The predicted octanol–water partition coefficient (Wildman–Crippen LogP) is 2.90. The topological polar surface area (TPSA) is 58.4 Å². The number of carbonyl (C=O) groups excluding carboxylic acids is 1. The number of piperidine rings is 1. The largest absolute Gasteiger partial charge is 0.448 e. The van der Waals surface area contributed by atoms with Crippen molar-refractivity contribution in [1.82, 2.24) is 15.2 Å². The number of aryl methyl sites for hydroxylation is 1. The van der Waals surface area contributed by atoms with E-state index in [-0.39, 0.29) is 11.9 Å². The zero-order valence-corrected chi connectivity index (χ0v) is 13.5. The first kappa shape index (κ1) is 15.5. The van der Waals surface area contributed by atoms with Gasteiger partial charge in [-0.05, 0) is 39.2 Å². The third-order valence-electron chi connectivity index (χ3n) is 5.09. The van der Waals surface area contributed by atoms with Gasteiger partial charge < -0.3 is 9.73 Å². The van der Waals surface area contributed by atoms with Crippen molar-refractivity contribution in [3.63, 3.8) is 0 Å². The van der Waals surface area contributed by atoms with Crippen LogP contribution in [-0.4, -0.2) is 41.0 Å². The molecule has 1 saturated heterocycles. The number of likely N-dealkylation sites (tertiary alicyclic amines) is 1. The molecule has 2 fully saturated rings. The molecule has 5 heteroatoms. The van der Waals surface area contributed by atoms with Crippen molar-refractivity contribution < 1.29 is 9.21 Å². The summed E-state index contributed by atoms with van der Waals surface area (Å²) in [6.07, 6.45) is 11.7. The van der Waals surface area contributed by atoms with E-state index in [1.807, 2.05) is 0 Å². The van der Waals surface area contributed by atoms with Crippen LogP contribution in [0.5, 0.6) is 0 Å². The third kappa shape index (κ3) is 3.69. The van der Waals surface area contributed by atoms with Crippen molar-refractivity contribution in [3.8, 4) is 0 Å². The van der Waals surface area contributed by atoms with Crippen molar-refractivity contribution in [3.05, 3.63) is 17.8 Å². The van der Waals surface area contributed by atoms with Gasteiger partial charge in [-0.15, -0.1) is 0 Å². The van der Waals surface area contributed by atoms with Gasteiger partial charge in [-0.3, -0.25) is 9.69 Å². The zero-order valence-electron chi connectivity index (χ0n) is 13.5. The van der Waals surface area contributed by atoms with E-state index in [4.69, 9.17) is 4.42 Å². The molecule has 2 heterocycles. The van der Waals surface area contributed by atoms with Crippen LogP contribution >= 0.6 is 0 Å². The highest BCUT2D eigenvalue weighted by atomic mass is 16.3. The summed E-state index contributed by atoms with van der Waals surface area (Å²) in [5, 5.41) is 3.14. The van der Waals surface area contributed by atoms with E-state index in [1.54, 1.807) is 6.92 Å². The number of rotatable bonds is 3. The Kier molecular flexibility index (Phi) is 5.13. The second-order valence-corrected chi connectivity index (χ2v) is 6.71. The molecule has 0 radical (unpaired) electrons. The molecular formula is C17H27N3O2. The van der Waals surface area contributed by atoms with E-state index in [9.17, 15) is 4.79 Å². The molecule has 2 aliphatic rings. The Morgan fingerprint density at radius 1 is 1.23 bits per heavy atom. The van der Waals surface area contributed by atoms with Crippen molar-refractivity contribution in [2.24, 2.45) is 0 Å². The van der Waals surface area contributed by atoms with Crippen molar-refractivity contribution in [2.75, 3.05) is 13.1 Å². The molecule has 122 valence electrons. The number of hydrogen-bond donors (Lipinski definition) is 1. The molecule has 0 spiro atoms. The average molecular weight is 305 g/mol. The SMILES string of the molecule is Cc1ocnc1C(=O)NC1CCCN(C2CCCCCC2)C1. The highest BCUT2D eigenvalue weighted by Gasteiger charge is 2.28. The maximum Gasteiger partial charge on any atom is 0.273 e. The smallest absolute Gasteiger partial charge is 0.273 e. The second-order valence-electron chi connectivity index (χ2n) is 6.71. The molecule has 1 amide bonds. The van der Waals surface area contributed by atoms with E-state index in [0.717, 1.165) is 19.0 Å². The number of aromatic nitrogens is 1. The number of nitrogens with one attached hydrogen (secondary N) is 1. The molecule has 1 unspecified atom stereocenters. The zero-order chi connectivity index (χ0) is 15.4. The van der Waals surface area contributed by atoms with E-state index in [1.165, 1.54) is 57.9 Å². The summed E-state index contributed by atoms with van der Waals surface area (Å²) in [7, 11) is 0. The van der Waals surface area contributed by atoms with E-state index in [0.29, 0.717) is 11.5 Å². The lowest BCUT2D eigenvalue weighted by molar-refractivity contribution is 0.0855. The maximum atomic E-state index is 12.3. The van der Waals surface area contributed by atoms with E-state index >= 15 is 0 Å². The maximum absolute atomic E-state index is 12.3. The Morgan fingerprint density at radius 3 is 2.68 bits per heavy atom. The Labute approximate surface area is 132 Å². The highest BCUT2D eigenvalue weighted by molar-refractivity contribution is 5.93. The molecule has 0 aromatic carbocycles. The molecule has 22 heavy (non-hydrogen) atoms. The fourth-order valence-electron chi connectivity index (χ4n) is 3.86. The molecule has 5 nitrogen and oxygen atoms in total. The second kappa shape index (κ2) is 7.27. The first-order valence-corrected chi connectivity index (χ1v) is 8.69. The summed E-state index contributed by atoms with van der Waals surface area (Å²) in [6.45, 7) is 3.94. The Balaban J connectivity index is 1.56. The Morgan fingerprint density at radius 2 is 2.00 bits per heavy atom. The van der Waals surface area contributed by atoms with Gasteiger partial charge in [-0.25, -0.2) is 4.98 Å². The molecule has 1 aromatic rings. The quantitative estimate of drug-likeness (QED) is 0.872. The first-order valence-electron chi connectivity index (χ1n) is 8.69. The number of amides is 1. The predicted molar refractivity (Wildman–Crippen MR) is 84.8 cm³/mol. The van der Waals surface area contributed by atoms with Crippen LogP contribution in [0.3, 0.4) is 0 Å². The van der Waals surface area contributed by atoms with Crippen LogP contribution in [0.4, 0.5) is 0 Å². The van der Waals surface area contributed by atoms with Crippen molar-refractivity contribution >= 4 is 5.91 Å². The first-order chi connectivity index (χ1) is 10.7. The van der Waals surface area contributed by atoms with Gasteiger partial charge in [-0.1, -0.05) is 25.7 Å². The van der Waals surface area contributed by atoms with Gasteiger partial charge in [-0.2, -0.15) is 0 Å². The minimum Gasteiger partial charge on any atom is -0.448 e. The van der Waals surface area contributed by atoms with Crippen molar-refractivity contribution in [1.29, 1.82) is 0 Å². The molecule has 1 saturated carbocycles. The third-order valence-corrected chi connectivity index (χ3v) is 5.09. The normalized spacial score (nSPS) is 24.9. The highest BCUT2D eigenvalue weighted by Crippen LogP contribution is 2.24. The van der Waals surface area contributed by atoms with Gasteiger partial charge in [0.05, 0.1) is 0 Å². The van der Waals surface area contributed by atoms with Crippen LogP contribution in [0.15, 0.2) is 10.8 Å². The van der Waals surface area contributed by atoms with Gasteiger partial charge in [0, 0.05) is 18.6 Å². The van der Waals surface area contributed by atoms with Crippen LogP contribution < -0.4 is 5.32 Å². The summed E-state index contributed by atoms with van der Waals surface area (Å²) in [6, 6.07) is 0.955.